The zero-order chi connectivity index (χ0) is 14.8. The van der Waals surface area contributed by atoms with Crippen molar-refractivity contribution >= 4 is 11.4 Å². The summed E-state index contributed by atoms with van der Waals surface area (Å²) in [6.45, 7) is 5.97. The van der Waals surface area contributed by atoms with E-state index in [0.29, 0.717) is 6.04 Å². The monoisotopic (exact) mass is 283 g/mol. The molecule has 4 heteroatoms. The van der Waals surface area contributed by atoms with Gasteiger partial charge in [-0.15, -0.1) is 0 Å². The van der Waals surface area contributed by atoms with Crippen LogP contribution in [0, 0.1) is 6.92 Å². The van der Waals surface area contributed by atoms with E-state index in [9.17, 15) is 0 Å². The van der Waals surface area contributed by atoms with Crippen LogP contribution in [0.1, 0.15) is 18.3 Å². The van der Waals surface area contributed by atoms with Gasteiger partial charge < -0.3 is 15.0 Å². The fourth-order valence-corrected chi connectivity index (χ4v) is 2.80. The van der Waals surface area contributed by atoms with Crippen molar-refractivity contribution in [2.45, 2.75) is 26.4 Å². The van der Waals surface area contributed by atoms with E-state index in [4.69, 9.17) is 4.74 Å². The highest BCUT2D eigenvalue weighted by molar-refractivity contribution is 5.72. The van der Waals surface area contributed by atoms with Gasteiger partial charge >= 0.3 is 0 Å². The first-order chi connectivity index (χ1) is 10.2. The fraction of sp³-hybridized carbons (Fsp3) is 0.353. The number of aryl methyl sites for hydroxylation is 1. The number of pyridine rings is 1. The number of aromatic nitrogens is 1. The molecule has 0 amide bonds. The molecule has 0 saturated heterocycles. The Hall–Kier alpha value is -2.23. The molecular formula is C17H21N3O. The van der Waals surface area contributed by atoms with Gasteiger partial charge in [-0.3, -0.25) is 4.98 Å². The van der Waals surface area contributed by atoms with Crippen LogP contribution in [0.25, 0.3) is 0 Å². The molecule has 0 saturated carbocycles. The Morgan fingerprint density at radius 3 is 2.95 bits per heavy atom. The molecule has 1 aliphatic rings. The van der Waals surface area contributed by atoms with Crippen LogP contribution in [0.15, 0.2) is 36.4 Å². The molecular weight excluding hydrogens is 262 g/mol. The van der Waals surface area contributed by atoms with Crippen LogP contribution < -0.4 is 15.0 Å². The molecule has 110 valence electrons. The van der Waals surface area contributed by atoms with Gasteiger partial charge in [0.1, 0.15) is 5.75 Å². The van der Waals surface area contributed by atoms with Gasteiger partial charge in [0, 0.05) is 30.4 Å². The maximum atomic E-state index is 5.35. The molecule has 3 rings (SSSR count). The van der Waals surface area contributed by atoms with Crippen LogP contribution in [-0.2, 0) is 6.54 Å². The standard InChI is InChI=1S/C17H21N3O/c1-12-8-15(21-3)9-14(19-12)11-20-13(2)10-18-16-6-4-5-7-17(16)20/h4-9,13,18H,10-11H2,1-3H3. The summed E-state index contributed by atoms with van der Waals surface area (Å²) in [6.07, 6.45) is 0. The Balaban J connectivity index is 1.92. The van der Waals surface area contributed by atoms with Crippen LogP contribution in [0.4, 0.5) is 11.4 Å². The lowest BCUT2D eigenvalue weighted by molar-refractivity contribution is 0.413. The molecule has 0 aliphatic carbocycles. The normalized spacial score (nSPS) is 17.1. The van der Waals surface area contributed by atoms with Crippen LogP contribution in [0.2, 0.25) is 0 Å². The molecule has 0 radical (unpaired) electrons. The number of anilines is 2. The summed E-state index contributed by atoms with van der Waals surface area (Å²) in [7, 11) is 1.70. The number of methoxy groups -OCH3 is 1. The van der Waals surface area contributed by atoms with Gasteiger partial charge in [0.2, 0.25) is 0 Å². The molecule has 1 unspecified atom stereocenters. The molecule has 1 N–H and O–H groups in total. The summed E-state index contributed by atoms with van der Waals surface area (Å²) in [5, 5.41) is 3.48. The smallest absolute Gasteiger partial charge is 0.122 e. The summed E-state index contributed by atoms with van der Waals surface area (Å²) in [4.78, 5) is 7.04. The third-order valence-electron chi connectivity index (χ3n) is 3.88. The third kappa shape index (κ3) is 2.79. The SMILES string of the molecule is COc1cc(C)nc(CN2c3ccccc3NCC2C)c1. The van der Waals surface area contributed by atoms with Crippen molar-refractivity contribution in [2.24, 2.45) is 0 Å². The first kappa shape index (κ1) is 13.7. The lowest BCUT2D eigenvalue weighted by Gasteiger charge is -2.37. The first-order valence-electron chi connectivity index (χ1n) is 7.28. The van der Waals surface area contributed by atoms with E-state index in [1.165, 1.54) is 11.4 Å². The topological polar surface area (TPSA) is 37.4 Å². The van der Waals surface area contributed by atoms with Crippen molar-refractivity contribution in [2.75, 3.05) is 23.9 Å². The van der Waals surface area contributed by atoms with Crippen LogP contribution in [-0.4, -0.2) is 24.7 Å². The van der Waals surface area contributed by atoms with Crippen molar-refractivity contribution in [1.82, 2.24) is 4.98 Å². The summed E-state index contributed by atoms with van der Waals surface area (Å²) in [6, 6.07) is 12.8. The quantitative estimate of drug-likeness (QED) is 0.938. The average Bonchev–Trinajstić information content (AvgIpc) is 2.49. The number of hydrogen-bond acceptors (Lipinski definition) is 4. The van der Waals surface area contributed by atoms with Crippen LogP contribution in [0.5, 0.6) is 5.75 Å². The van der Waals surface area contributed by atoms with E-state index in [1.807, 2.05) is 19.1 Å². The Kier molecular flexibility index (Phi) is 3.69. The number of para-hydroxylation sites is 2. The minimum Gasteiger partial charge on any atom is -0.497 e. The van der Waals surface area contributed by atoms with Gasteiger partial charge in [-0.1, -0.05) is 12.1 Å². The molecule has 2 aromatic rings. The number of fused-ring (bicyclic) bond motifs is 1. The highest BCUT2D eigenvalue weighted by Gasteiger charge is 2.22. The largest absolute Gasteiger partial charge is 0.497 e. The zero-order valence-corrected chi connectivity index (χ0v) is 12.8. The van der Waals surface area contributed by atoms with Gasteiger partial charge in [-0.2, -0.15) is 0 Å². The second-order valence-corrected chi connectivity index (χ2v) is 5.51. The number of ether oxygens (including phenoxy) is 1. The number of nitrogens with zero attached hydrogens (tertiary/aromatic N) is 2. The molecule has 1 aromatic carbocycles. The summed E-state index contributed by atoms with van der Waals surface area (Å²) >= 11 is 0. The van der Waals surface area contributed by atoms with Crippen molar-refractivity contribution in [1.29, 1.82) is 0 Å². The molecule has 1 aliphatic heterocycles. The predicted octanol–water partition coefficient (Wildman–Crippen LogP) is 3.22. The molecule has 21 heavy (non-hydrogen) atoms. The molecule has 0 fully saturated rings. The Labute approximate surface area is 125 Å². The van der Waals surface area contributed by atoms with Crippen LogP contribution >= 0.6 is 0 Å². The van der Waals surface area contributed by atoms with E-state index < -0.39 is 0 Å². The molecule has 0 bridgehead atoms. The number of nitrogens with one attached hydrogen (secondary N) is 1. The Bertz CT molecular complexity index is 642. The summed E-state index contributed by atoms with van der Waals surface area (Å²) in [5.74, 6) is 0.869. The Morgan fingerprint density at radius 2 is 2.14 bits per heavy atom. The second kappa shape index (κ2) is 5.64. The van der Waals surface area contributed by atoms with Crippen molar-refractivity contribution in [3.8, 4) is 5.75 Å². The lowest BCUT2D eigenvalue weighted by atomic mass is 10.1. The lowest BCUT2D eigenvalue weighted by Crippen LogP contribution is -2.41. The zero-order valence-electron chi connectivity index (χ0n) is 12.8. The van der Waals surface area contributed by atoms with Gasteiger partial charge in [-0.05, 0) is 26.0 Å². The van der Waals surface area contributed by atoms with E-state index in [-0.39, 0.29) is 0 Å². The van der Waals surface area contributed by atoms with Crippen LogP contribution in [0.3, 0.4) is 0 Å². The van der Waals surface area contributed by atoms with Gasteiger partial charge in [0.15, 0.2) is 0 Å². The second-order valence-electron chi connectivity index (χ2n) is 5.51. The van der Waals surface area contributed by atoms with Gasteiger partial charge in [0.25, 0.3) is 0 Å². The molecule has 1 atom stereocenters. The minimum atomic E-state index is 0.424. The Morgan fingerprint density at radius 1 is 1.33 bits per heavy atom. The van der Waals surface area contributed by atoms with E-state index >= 15 is 0 Å². The van der Waals surface area contributed by atoms with E-state index in [1.54, 1.807) is 7.11 Å². The maximum absolute atomic E-state index is 5.35. The summed E-state index contributed by atoms with van der Waals surface area (Å²) < 4.78 is 5.35. The molecule has 4 nitrogen and oxygen atoms in total. The fourth-order valence-electron chi connectivity index (χ4n) is 2.80. The third-order valence-corrected chi connectivity index (χ3v) is 3.88. The average molecular weight is 283 g/mol. The maximum Gasteiger partial charge on any atom is 0.122 e. The van der Waals surface area contributed by atoms with Gasteiger partial charge in [0.05, 0.1) is 30.7 Å². The summed E-state index contributed by atoms with van der Waals surface area (Å²) in [5.41, 5.74) is 4.45. The number of hydrogen-bond donors (Lipinski definition) is 1. The molecule has 0 spiro atoms. The van der Waals surface area contributed by atoms with E-state index in [0.717, 1.165) is 30.2 Å². The first-order valence-corrected chi connectivity index (χ1v) is 7.28. The number of benzene rings is 1. The highest BCUT2D eigenvalue weighted by Crippen LogP contribution is 2.32. The predicted molar refractivity (Wildman–Crippen MR) is 86.1 cm³/mol. The molecule has 1 aromatic heterocycles. The van der Waals surface area contributed by atoms with Crippen molar-refractivity contribution in [3.05, 3.63) is 47.8 Å². The highest BCUT2D eigenvalue weighted by atomic mass is 16.5. The number of rotatable bonds is 3. The molecule has 2 heterocycles. The minimum absolute atomic E-state index is 0.424. The van der Waals surface area contributed by atoms with E-state index in [2.05, 4.69) is 46.4 Å². The van der Waals surface area contributed by atoms with Gasteiger partial charge in [-0.25, -0.2) is 0 Å². The van der Waals surface area contributed by atoms with Crippen molar-refractivity contribution in [3.63, 3.8) is 0 Å². The van der Waals surface area contributed by atoms with Crippen molar-refractivity contribution < 1.29 is 4.74 Å².